The van der Waals surface area contributed by atoms with Gasteiger partial charge in [-0.1, -0.05) is 47.0 Å². The molecule has 0 unspecified atom stereocenters. The van der Waals surface area contributed by atoms with E-state index in [9.17, 15) is 9.59 Å². The number of rotatable bonds is 8. The van der Waals surface area contributed by atoms with Crippen LogP contribution in [0.4, 0.5) is 0 Å². The summed E-state index contributed by atoms with van der Waals surface area (Å²) in [5.74, 6) is -0.0884. The van der Waals surface area contributed by atoms with Crippen LogP contribution in [0, 0.1) is 6.92 Å². The fourth-order valence-electron chi connectivity index (χ4n) is 2.60. The molecule has 1 atom stereocenters. The lowest BCUT2D eigenvalue weighted by molar-refractivity contribution is -0.138. The lowest BCUT2D eigenvalue weighted by Gasteiger charge is -2.29. The van der Waals surface area contributed by atoms with Crippen molar-refractivity contribution < 1.29 is 9.59 Å². The van der Waals surface area contributed by atoms with Crippen molar-refractivity contribution in [1.82, 2.24) is 10.2 Å². The lowest BCUT2D eigenvalue weighted by Crippen LogP contribution is -2.48. The number of benzene rings is 2. The highest BCUT2D eigenvalue weighted by atomic mass is 35.5. The number of hydrogen-bond acceptors (Lipinski definition) is 3. The maximum atomic E-state index is 13.0. The fraction of sp³-hybridized carbons (Fsp3) is 0.333. The van der Waals surface area contributed by atoms with Crippen LogP contribution in [0.5, 0.6) is 0 Å². The first-order valence-electron chi connectivity index (χ1n) is 9.02. The van der Waals surface area contributed by atoms with Gasteiger partial charge in [0.15, 0.2) is 0 Å². The van der Waals surface area contributed by atoms with Crippen molar-refractivity contribution in [1.29, 1.82) is 0 Å². The van der Waals surface area contributed by atoms with Gasteiger partial charge in [-0.3, -0.25) is 9.59 Å². The third-order valence-corrected chi connectivity index (χ3v) is 5.84. The zero-order chi connectivity index (χ0) is 20.7. The maximum absolute atomic E-state index is 13.0. The Labute approximate surface area is 180 Å². The number of aryl methyl sites for hydroxylation is 1. The molecule has 2 amide bonds. The first-order valence-corrected chi connectivity index (χ1v) is 10.8. The molecule has 0 radical (unpaired) electrons. The predicted octanol–water partition coefficient (Wildman–Crippen LogP) is 4.95. The van der Waals surface area contributed by atoms with Crippen LogP contribution in [-0.4, -0.2) is 35.1 Å². The smallest absolute Gasteiger partial charge is 0.242 e. The molecular formula is C21H24Cl2N2O2S. The van der Waals surface area contributed by atoms with Crippen LogP contribution in [0.1, 0.15) is 25.0 Å². The van der Waals surface area contributed by atoms with Crippen molar-refractivity contribution in [2.75, 3.05) is 12.3 Å². The van der Waals surface area contributed by atoms with E-state index in [0.29, 0.717) is 16.6 Å². The van der Waals surface area contributed by atoms with Crippen LogP contribution < -0.4 is 5.32 Å². The number of halogens is 2. The Bertz CT molecular complexity index is 828. The molecule has 4 nitrogen and oxygen atoms in total. The van der Waals surface area contributed by atoms with Crippen molar-refractivity contribution in [2.24, 2.45) is 0 Å². The summed E-state index contributed by atoms with van der Waals surface area (Å²) in [4.78, 5) is 27.9. The summed E-state index contributed by atoms with van der Waals surface area (Å²) >= 11 is 13.7. The number of hydrogen-bond donors (Lipinski definition) is 1. The standard InChI is InChI=1S/C21H24Cl2N2O2S/c1-4-24-21(27)15(3)25(12-16-7-8-17(22)11-19(16)23)20(26)13-28-18-9-5-14(2)6-10-18/h5-11,15H,4,12-13H2,1-3H3,(H,24,27)/t15-/m1/s1. The van der Waals surface area contributed by atoms with Crippen molar-refractivity contribution in [3.8, 4) is 0 Å². The van der Waals surface area contributed by atoms with Gasteiger partial charge in [0.05, 0.1) is 5.75 Å². The van der Waals surface area contributed by atoms with Crippen LogP contribution in [0.15, 0.2) is 47.4 Å². The molecule has 0 aliphatic carbocycles. The molecule has 0 fully saturated rings. The third-order valence-electron chi connectivity index (χ3n) is 4.26. The molecule has 0 aliphatic heterocycles. The van der Waals surface area contributed by atoms with Crippen molar-refractivity contribution in [3.05, 3.63) is 63.6 Å². The molecule has 0 heterocycles. The molecule has 0 bridgehead atoms. The van der Waals surface area contributed by atoms with Gasteiger partial charge < -0.3 is 10.2 Å². The summed E-state index contributed by atoms with van der Waals surface area (Å²) in [5.41, 5.74) is 1.91. The molecule has 150 valence electrons. The topological polar surface area (TPSA) is 49.4 Å². The number of thioether (sulfide) groups is 1. The highest BCUT2D eigenvalue weighted by molar-refractivity contribution is 8.00. The Hall–Kier alpha value is -1.69. The monoisotopic (exact) mass is 438 g/mol. The van der Waals surface area contributed by atoms with Gasteiger partial charge in [-0.25, -0.2) is 0 Å². The van der Waals surface area contributed by atoms with Gasteiger partial charge in [-0.05, 0) is 50.6 Å². The van der Waals surface area contributed by atoms with Crippen molar-refractivity contribution in [2.45, 2.75) is 38.3 Å². The second-order valence-corrected chi connectivity index (χ2v) is 8.32. The molecule has 28 heavy (non-hydrogen) atoms. The molecule has 2 aromatic carbocycles. The van der Waals surface area contributed by atoms with Gasteiger partial charge in [0.1, 0.15) is 6.04 Å². The molecule has 0 aromatic heterocycles. The summed E-state index contributed by atoms with van der Waals surface area (Å²) in [5, 5.41) is 3.77. The van der Waals surface area contributed by atoms with E-state index < -0.39 is 6.04 Å². The van der Waals surface area contributed by atoms with Crippen molar-refractivity contribution in [3.63, 3.8) is 0 Å². The molecule has 0 aliphatic rings. The number of carbonyl (C=O) groups excluding carboxylic acids is 2. The number of carbonyl (C=O) groups is 2. The molecule has 2 aromatic rings. The van der Waals surface area contributed by atoms with Crippen LogP contribution in [-0.2, 0) is 16.1 Å². The normalized spacial score (nSPS) is 11.8. The Kier molecular flexibility index (Phi) is 8.67. The van der Waals surface area contributed by atoms with Crippen LogP contribution in [0.3, 0.4) is 0 Å². The number of likely N-dealkylation sites (N-methyl/N-ethyl adjacent to an activating group) is 1. The SMILES string of the molecule is CCNC(=O)[C@@H](C)N(Cc1ccc(Cl)cc1Cl)C(=O)CSc1ccc(C)cc1. The summed E-state index contributed by atoms with van der Waals surface area (Å²) in [6.45, 7) is 6.33. The van der Waals surface area contributed by atoms with Crippen LogP contribution in [0.25, 0.3) is 0 Å². The Morgan fingerprint density at radius 1 is 1.14 bits per heavy atom. The van der Waals surface area contributed by atoms with E-state index in [4.69, 9.17) is 23.2 Å². The number of amides is 2. The average molecular weight is 439 g/mol. The average Bonchev–Trinajstić information content (AvgIpc) is 2.66. The zero-order valence-corrected chi connectivity index (χ0v) is 18.5. The fourth-order valence-corrected chi connectivity index (χ4v) is 3.85. The van der Waals surface area contributed by atoms with Crippen molar-refractivity contribution >= 4 is 46.8 Å². The summed E-state index contributed by atoms with van der Waals surface area (Å²) < 4.78 is 0. The minimum atomic E-state index is -0.613. The minimum absolute atomic E-state index is 0.129. The van der Waals surface area contributed by atoms with Crippen LogP contribution in [0.2, 0.25) is 10.0 Å². The maximum Gasteiger partial charge on any atom is 0.242 e. The summed E-state index contributed by atoms with van der Waals surface area (Å²) in [7, 11) is 0. The lowest BCUT2D eigenvalue weighted by atomic mass is 10.1. The minimum Gasteiger partial charge on any atom is -0.355 e. The van der Waals surface area contributed by atoms with Gasteiger partial charge in [0, 0.05) is 28.0 Å². The third kappa shape index (κ3) is 6.43. The van der Waals surface area contributed by atoms with E-state index in [1.54, 1.807) is 30.0 Å². The first-order chi connectivity index (χ1) is 13.3. The number of nitrogens with zero attached hydrogens (tertiary/aromatic N) is 1. The Morgan fingerprint density at radius 3 is 2.43 bits per heavy atom. The molecule has 7 heteroatoms. The van der Waals surface area contributed by atoms with Gasteiger partial charge in [-0.2, -0.15) is 0 Å². The largest absolute Gasteiger partial charge is 0.355 e. The quantitative estimate of drug-likeness (QED) is 0.593. The van der Waals surface area contributed by atoms with E-state index in [1.165, 1.54) is 17.3 Å². The van der Waals surface area contributed by atoms with E-state index in [-0.39, 0.29) is 24.1 Å². The predicted molar refractivity (Wildman–Crippen MR) is 117 cm³/mol. The summed E-state index contributed by atoms with van der Waals surface area (Å²) in [6.07, 6.45) is 0. The zero-order valence-electron chi connectivity index (χ0n) is 16.2. The van der Waals surface area contributed by atoms with E-state index >= 15 is 0 Å². The van der Waals surface area contributed by atoms with Gasteiger partial charge in [-0.15, -0.1) is 11.8 Å². The molecule has 2 rings (SSSR count). The number of nitrogens with one attached hydrogen (secondary N) is 1. The Morgan fingerprint density at radius 2 is 1.82 bits per heavy atom. The second-order valence-electron chi connectivity index (χ2n) is 6.43. The Balaban J connectivity index is 2.17. The van der Waals surface area contributed by atoms with Crippen LogP contribution >= 0.6 is 35.0 Å². The van der Waals surface area contributed by atoms with E-state index in [0.717, 1.165) is 10.5 Å². The molecule has 0 saturated carbocycles. The first kappa shape index (κ1) is 22.6. The summed E-state index contributed by atoms with van der Waals surface area (Å²) in [6, 6.07) is 12.5. The molecule has 1 N–H and O–H groups in total. The van der Waals surface area contributed by atoms with E-state index in [2.05, 4.69) is 5.32 Å². The molecule has 0 spiro atoms. The van der Waals surface area contributed by atoms with Gasteiger partial charge in [0.25, 0.3) is 0 Å². The highest BCUT2D eigenvalue weighted by Crippen LogP contribution is 2.24. The van der Waals surface area contributed by atoms with E-state index in [1.807, 2.05) is 38.1 Å². The molecular weight excluding hydrogens is 415 g/mol. The van der Waals surface area contributed by atoms with Gasteiger partial charge >= 0.3 is 0 Å². The highest BCUT2D eigenvalue weighted by Gasteiger charge is 2.26. The molecule has 0 saturated heterocycles. The van der Waals surface area contributed by atoms with Gasteiger partial charge in [0.2, 0.25) is 11.8 Å². The second kappa shape index (κ2) is 10.7.